The van der Waals surface area contributed by atoms with Crippen molar-refractivity contribution in [1.82, 2.24) is 5.32 Å². The Morgan fingerprint density at radius 1 is 0.944 bits per heavy atom. The molecule has 0 radical (unpaired) electrons. The quantitative estimate of drug-likeness (QED) is 0.851. The van der Waals surface area contributed by atoms with Gasteiger partial charge in [0, 0.05) is 6.54 Å². The lowest BCUT2D eigenvalue weighted by molar-refractivity contribution is 0.437. The molecule has 2 nitrogen and oxygen atoms in total. The van der Waals surface area contributed by atoms with E-state index in [-0.39, 0.29) is 5.66 Å². The summed E-state index contributed by atoms with van der Waals surface area (Å²) < 4.78 is 0. The molecule has 0 bridgehead atoms. The van der Waals surface area contributed by atoms with Gasteiger partial charge in [0.2, 0.25) is 0 Å². The zero-order valence-corrected chi connectivity index (χ0v) is 10.4. The Balaban J connectivity index is 1.96. The maximum atomic E-state index is 4.87. The van der Waals surface area contributed by atoms with Crippen molar-refractivity contribution in [3.05, 3.63) is 71.8 Å². The summed E-state index contributed by atoms with van der Waals surface area (Å²) in [4.78, 5) is 4.87. The predicted octanol–water partition coefficient (Wildman–Crippen LogP) is 2.95. The summed E-state index contributed by atoms with van der Waals surface area (Å²) in [5.41, 5.74) is 3.23. The highest BCUT2D eigenvalue weighted by Crippen LogP contribution is 2.26. The number of nitrogens with one attached hydrogen (secondary N) is 1. The van der Waals surface area contributed by atoms with Gasteiger partial charge in [-0.05, 0) is 18.1 Å². The van der Waals surface area contributed by atoms with E-state index in [0.717, 1.165) is 12.3 Å². The lowest BCUT2D eigenvalue weighted by Gasteiger charge is -2.21. The minimum Gasteiger partial charge on any atom is -0.284 e. The van der Waals surface area contributed by atoms with Crippen molar-refractivity contribution in [2.45, 2.75) is 12.6 Å². The smallest absolute Gasteiger partial charge is 0.134 e. The van der Waals surface area contributed by atoms with Crippen molar-refractivity contribution in [3.63, 3.8) is 0 Å². The van der Waals surface area contributed by atoms with Crippen LogP contribution in [0.15, 0.2) is 65.7 Å². The summed E-state index contributed by atoms with van der Waals surface area (Å²) in [5.74, 6) is 0. The number of benzene rings is 2. The molecule has 0 saturated carbocycles. The van der Waals surface area contributed by atoms with E-state index in [9.17, 15) is 0 Å². The molecule has 3 rings (SSSR count). The minimum absolute atomic E-state index is 0.299. The SMILES string of the molecule is CC1(c2ccccc2)N=C(c2ccccc2)CN1. The first-order valence-electron chi connectivity index (χ1n) is 6.23. The minimum atomic E-state index is -0.299. The van der Waals surface area contributed by atoms with Crippen LogP contribution in [0.3, 0.4) is 0 Å². The predicted molar refractivity (Wildman–Crippen MR) is 74.8 cm³/mol. The number of rotatable bonds is 2. The summed E-state index contributed by atoms with van der Waals surface area (Å²) in [5, 5.41) is 3.49. The van der Waals surface area contributed by atoms with Crippen molar-refractivity contribution in [2.75, 3.05) is 6.54 Å². The summed E-state index contributed by atoms with van der Waals surface area (Å²) in [6, 6.07) is 20.7. The van der Waals surface area contributed by atoms with Crippen molar-refractivity contribution in [3.8, 4) is 0 Å². The zero-order chi connectivity index (χ0) is 12.4. The van der Waals surface area contributed by atoms with Crippen LogP contribution in [0.5, 0.6) is 0 Å². The van der Waals surface area contributed by atoms with Gasteiger partial charge in [-0.25, -0.2) is 0 Å². The van der Waals surface area contributed by atoms with Crippen molar-refractivity contribution >= 4 is 5.71 Å². The first kappa shape index (κ1) is 11.2. The van der Waals surface area contributed by atoms with Crippen LogP contribution in [0, 0.1) is 0 Å². The van der Waals surface area contributed by atoms with Crippen LogP contribution in [-0.4, -0.2) is 12.3 Å². The summed E-state index contributed by atoms with van der Waals surface area (Å²) in [6.07, 6.45) is 0. The van der Waals surface area contributed by atoms with E-state index in [1.807, 2.05) is 12.1 Å². The van der Waals surface area contributed by atoms with Gasteiger partial charge < -0.3 is 0 Å². The molecular weight excluding hydrogens is 220 g/mol. The molecule has 2 aromatic rings. The summed E-state index contributed by atoms with van der Waals surface area (Å²) >= 11 is 0. The monoisotopic (exact) mass is 236 g/mol. The maximum absolute atomic E-state index is 4.87. The van der Waals surface area contributed by atoms with Gasteiger partial charge in [0.25, 0.3) is 0 Å². The van der Waals surface area contributed by atoms with Gasteiger partial charge in [0.15, 0.2) is 0 Å². The maximum Gasteiger partial charge on any atom is 0.134 e. The third kappa shape index (κ3) is 1.95. The Morgan fingerprint density at radius 3 is 2.22 bits per heavy atom. The zero-order valence-electron chi connectivity index (χ0n) is 10.4. The molecule has 18 heavy (non-hydrogen) atoms. The van der Waals surface area contributed by atoms with Crippen LogP contribution >= 0.6 is 0 Å². The third-order valence-electron chi connectivity index (χ3n) is 3.40. The molecule has 1 aliphatic heterocycles. The van der Waals surface area contributed by atoms with E-state index < -0.39 is 0 Å². The van der Waals surface area contributed by atoms with Gasteiger partial charge in [-0.2, -0.15) is 0 Å². The number of aliphatic imine (C=N–C) groups is 1. The number of hydrogen-bond acceptors (Lipinski definition) is 2. The molecule has 0 spiro atoms. The Bertz CT molecular complexity index is 560. The molecule has 1 N–H and O–H groups in total. The fourth-order valence-corrected chi connectivity index (χ4v) is 2.33. The lowest BCUT2D eigenvalue weighted by Crippen LogP contribution is -2.33. The Kier molecular flexibility index (Phi) is 2.73. The molecule has 0 fully saturated rings. The second kappa shape index (κ2) is 4.39. The average molecular weight is 236 g/mol. The van der Waals surface area contributed by atoms with Gasteiger partial charge >= 0.3 is 0 Å². The van der Waals surface area contributed by atoms with E-state index in [1.165, 1.54) is 11.1 Å². The van der Waals surface area contributed by atoms with E-state index >= 15 is 0 Å². The highest BCUT2D eigenvalue weighted by atomic mass is 15.2. The Hall–Kier alpha value is -1.93. The van der Waals surface area contributed by atoms with Gasteiger partial charge in [0.05, 0.1) is 5.71 Å². The van der Waals surface area contributed by atoms with Gasteiger partial charge in [-0.3, -0.25) is 10.3 Å². The molecule has 0 amide bonds. The van der Waals surface area contributed by atoms with E-state index in [0.29, 0.717) is 0 Å². The van der Waals surface area contributed by atoms with Crippen LogP contribution in [0.25, 0.3) is 0 Å². The number of nitrogens with zero attached hydrogens (tertiary/aromatic N) is 1. The molecule has 0 aromatic heterocycles. The molecule has 1 heterocycles. The van der Waals surface area contributed by atoms with Crippen molar-refractivity contribution in [1.29, 1.82) is 0 Å². The lowest BCUT2D eigenvalue weighted by atomic mass is 10.0. The molecule has 2 aromatic carbocycles. The Morgan fingerprint density at radius 2 is 1.56 bits per heavy atom. The fraction of sp³-hybridized carbons (Fsp3) is 0.188. The molecule has 1 unspecified atom stereocenters. The molecule has 0 saturated heterocycles. The average Bonchev–Trinajstić information content (AvgIpc) is 2.85. The van der Waals surface area contributed by atoms with Crippen molar-refractivity contribution in [2.24, 2.45) is 4.99 Å². The fourth-order valence-electron chi connectivity index (χ4n) is 2.33. The van der Waals surface area contributed by atoms with Crippen LogP contribution < -0.4 is 5.32 Å². The molecular formula is C16H16N2. The van der Waals surface area contributed by atoms with Crippen LogP contribution in [-0.2, 0) is 5.66 Å². The van der Waals surface area contributed by atoms with E-state index in [1.54, 1.807) is 0 Å². The normalized spacial score (nSPS) is 22.8. The van der Waals surface area contributed by atoms with Crippen molar-refractivity contribution < 1.29 is 0 Å². The van der Waals surface area contributed by atoms with Gasteiger partial charge in [-0.1, -0.05) is 60.7 Å². The van der Waals surface area contributed by atoms with Crippen LogP contribution in [0.2, 0.25) is 0 Å². The third-order valence-corrected chi connectivity index (χ3v) is 3.40. The van der Waals surface area contributed by atoms with Crippen LogP contribution in [0.1, 0.15) is 18.1 Å². The molecule has 2 heteroatoms. The molecule has 0 aliphatic carbocycles. The highest BCUT2D eigenvalue weighted by Gasteiger charge is 2.31. The first-order valence-corrected chi connectivity index (χ1v) is 6.23. The Labute approximate surface area is 107 Å². The number of hydrogen-bond donors (Lipinski definition) is 1. The largest absolute Gasteiger partial charge is 0.284 e. The topological polar surface area (TPSA) is 24.4 Å². The summed E-state index contributed by atoms with van der Waals surface area (Å²) in [6.45, 7) is 2.94. The standard InChI is InChI=1S/C16H16N2/c1-16(14-10-6-3-7-11-14)17-12-15(18-16)13-8-4-2-5-9-13/h2-11,17H,12H2,1H3. The second-order valence-electron chi connectivity index (χ2n) is 4.72. The second-order valence-corrected chi connectivity index (χ2v) is 4.72. The highest BCUT2D eigenvalue weighted by molar-refractivity contribution is 6.03. The molecule has 1 atom stereocenters. The first-order chi connectivity index (χ1) is 8.78. The van der Waals surface area contributed by atoms with Crippen LogP contribution in [0.4, 0.5) is 0 Å². The van der Waals surface area contributed by atoms with Gasteiger partial charge in [0.1, 0.15) is 5.66 Å². The van der Waals surface area contributed by atoms with E-state index in [2.05, 4.69) is 60.8 Å². The molecule has 90 valence electrons. The van der Waals surface area contributed by atoms with E-state index in [4.69, 9.17) is 4.99 Å². The molecule has 1 aliphatic rings. The van der Waals surface area contributed by atoms with Gasteiger partial charge in [-0.15, -0.1) is 0 Å². The summed E-state index contributed by atoms with van der Waals surface area (Å²) in [7, 11) is 0.